The molecule has 3 heterocycles. The molecule has 0 saturated carbocycles. The van der Waals surface area contributed by atoms with E-state index in [2.05, 4.69) is 37.0 Å². The Morgan fingerprint density at radius 1 is 0.923 bits per heavy atom. The minimum absolute atomic E-state index is 0.0630. The van der Waals surface area contributed by atoms with Gasteiger partial charge in [0.25, 0.3) is 0 Å². The van der Waals surface area contributed by atoms with Gasteiger partial charge in [0.15, 0.2) is 5.43 Å². The summed E-state index contributed by atoms with van der Waals surface area (Å²) in [4.78, 5) is 26.5. The van der Waals surface area contributed by atoms with Crippen LogP contribution >= 0.6 is 0 Å². The predicted molar refractivity (Wildman–Crippen MR) is 149 cm³/mol. The molecule has 3 aromatic carbocycles. The third kappa shape index (κ3) is 3.03. The van der Waals surface area contributed by atoms with E-state index in [0.29, 0.717) is 39.2 Å². The van der Waals surface area contributed by atoms with Gasteiger partial charge in [0.05, 0.1) is 16.9 Å². The Kier molecular flexibility index (Phi) is 4.68. The van der Waals surface area contributed by atoms with E-state index >= 15 is 0 Å². The number of carbonyl (C=O) groups is 1. The molecule has 1 spiro atoms. The third-order valence-electron chi connectivity index (χ3n) is 8.35. The van der Waals surface area contributed by atoms with Crippen LogP contribution in [0.5, 0.6) is 5.75 Å². The monoisotopic (exact) mass is 514 g/mol. The van der Waals surface area contributed by atoms with E-state index in [1.165, 1.54) is 23.8 Å². The number of anilines is 1. The summed E-state index contributed by atoms with van der Waals surface area (Å²) in [5.74, 6) is -0.272. The van der Waals surface area contributed by atoms with Crippen molar-refractivity contribution in [2.45, 2.75) is 25.0 Å². The fourth-order valence-corrected chi connectivity index (χ4v) is 6.35. The molecule has 3 aliphatic heterocycles. The molecule has 0 N–H and O–H groups in total. The average molecular weight is 515 g/mol. The molecule has 1 atom stereocenters. The smallest absolute Gasteiger partial charge is 0.211 e. The van der Waals surface area contributed by atoms with Crippen LogP contribution in [0, 0.1) is 0 Å². The highest BCUT2D eigenvalue weighted by atomic mass is 16.5. The van der Waals surface area contributed by atoms with Crippen LogP contribution in [0.4, 0.5) is 5.69 Å². The SMILES string of the molecule is CN1c2ccccc2C(C)(C)C12C=Cc1c(ccc3c(-c4ccccc4C(=O)[O-])c4ccc(=O)cc-4oc13)O2. The van der Waals surface area contributed by atoms with E-state index in [9.17, 15) is 14.7 Å². The van der Waals surface area contributed by atoms with Crippen molar-refractivity contribution < 1.29 is 19.1 Å². The molecular weight excluding hydrogens is 490 g/mol. The second kappa shape index (κ2) is 7.84. The van der Waals surface area contributed by atoms with Gasteiger partial charge in [-0.2, -0.15) is 0 Å². The summed E-state index contributed by atoms with van der Waals surface area (Å²) in [6.07, 6.45) is 4.07. The summed E-state index contributed by atoms with van der Waals surface area (Å²) in [5, 5.41) is 12.8. The summed E-state index contributed by atoms with van der Waals surface area (Å²) < 4.78 is 13.2. The summed E-state index contributed by atoms with van der Waals surface area (Å²) in [7, 11) is 2.03. The lowest BCUT2D eigenvalue weighted by Gasteiger charge is -2.45. The minimum Gasteiger partial charge on any atom is -0.545 e. The Balaban J connectivity index is 1.50. The number of hydrogen-bond acceptors (Lipinski definition) is 6. The number of hydrogen-bond donors (Lipinski definition) is 0. The maximum atomic E-state index is 12.3. The van der Waals surface area contributed by atoms with Gasteiger partial charge >= 0.3 is 0 Å². The fraction of sp³-hybridized carbons (Fsp3) is 0.152. The summed E-state index contributed by atoms with van der Waals surface area (Å²) in [6.45, 7) is 4.35. The van der Waals surface area contributed by atoms with Crippen molar-refractivity contribution in [2.24, 2.45) is 0 Å². The van der Waals surface area contributed by atoms with Crippen LogP contribution in [-0.4, -0.2) is 18.7 Å². The fourth-order valence-electron chi connectivity index (χ4n) is 6.35. The van der Waals surface area contributed by atoms with E-state index in [1.807, 2.05) is 37.4 Å². The van der Waals surface area contributed by atoms with Crippen molar-refractivity contribution in [3.8, 4) is 28.2 Å². The highest BCUT2D eigenvalue weighted by molar-refractivity contribution is 6.09. The van der Waals surface area contributed by atoms with Crippen molar-refractivity contribution in [2.75, 3.05) is 11.9 Å². The first-order valence-electron chi connectivity index (χ1n) is 12.8. The quantitative estimate of drug-likeness (QED) is 0.291. The van der Waals surface area contributed by atoms with E-state index in [0.717, 1.165) is 11.3 Å². The Bertz CT molecular complexity index is 1900. The molecule has 1 aliphatic carbocycles. The number of ether oxygens (including phenoxy) is 1. The summed E-state index contributed by atoms with van der Waals surface area (Å²) in [5.41, 5.74) is 4.07. The molecule has 192 valence electrons. The molecular formula is C33H24NO5-. The molecule has 0 saturated heterocycles. The van der Waals surface area contributed by atoms with Gasteiger partial charge in [0, 0.05) is 40.9 Å². The van der Waals surface area contributed by atoms with E-state index in [-0.39, 0.29) is 16.4 Å². The van der Waals surface area contributed by atoms with Crippen LogP contribution in [0.3, 0.4) is 0 Å². The van der Waals surface area contributed by atoms with Gasteiger partial charge in [-0.05, 0) is 67.5 Å². The van der Waals surface area contributed by atoms with Gasteiger partial charge in [-0.1, -0.05) is 42.5 Å². The molecule has 4 aliphatic rings. The van der Waals surface area contributed by atoms with Crippen LogP contribution < -0.4 is 20.2 Å². The Labute approximate surface area is 224 Å². The van der Waals surface area contributed by atoms with Crippen molar-refractivity contribution in [1.29, 1.82) is 0 Å². The number of para-hydroxylation sites is 1. The van der Waals surface area contributed by atoms with Crippen LogP contribution in [0.2, 0.25) is 0 Å². The first-order valence-corrected chi connectivity index (χ1v) is 12.8. The van der Waals surface area contributed by atoms with Crippen molar-refractivity contribution in [3.05, 3.63) is 112 Å². The number of nitrogens with zero attached hydrogens (tertiary/aromatic N) is 1. The van der Waals surface area contributed by atoms with Gasteiger partial charge in [0.1, 0.15) is 17.1 Å². The molecule has 6 heteroatoms. The lowest BCUT2D eigenvalue weighted by Crippen LogP contribution is -2.58. The predicted octanol–water partition coefficient (Wildman–Crippen LogP) is 5.46. The van der Waals surface area contributed by atoms with E-state index in [4.69, 9.17) is 9.15 Å². The second-order valence-electron chi connectivity index (χ2n) is 10.7. The molecule has 0 aromatic heterocycles. The summed E-state index contributed by atoms with van der Waals surface area (Å²) in [6, 6.07) is 23.4. The standard InChI is InChI=1S/C33H25NO5/c1-32(2)25-10-6-7-11-26(25)34(3)33(32)17-16-23-27(39-33)15-14-24-29(20-8-4-5-9-21(20)31(36)37)22-13-12-19(35)18-28(22)38-30(23)24/h4-18H,1-3H3,(H,36,37)/p-1. The molecule has 3 aromatic rings. The number of likely N-dealkylation sites (N-methyl/N-ethyl adjacent to an activating group) is 1. The number of aromatic carboxylic acids is 1. The Morgan fingerprint density at radius 2 is 1.69 bits per heavy atom. The summed E-state index contributed by atoms with van der Waals surface area (Å²) >= 11 is 0. The number of carbonyl (C=O) groups excluding carboxylic acids is 1. The largest absolute Gasteiger partial charge is 0.545 e. The van der Waals surface area contributed by atoms with Gasteiger partial charge in [-0.15, -0.1) is 0 Å². The van der Waals surface area contributed by atoms with Gasteiger partial charge in [-0.25, -0.2) is 0 Å². The van der Waals surface area contributed by atoms with Crippen LogP contribution in [-0.2, 0) is 5.41 Å². The first kappa shape index (κ1) is 23.3. The first-order chi connectivity index (χ1) is 18.7. The zero-order valence-corrected chi connectivity index (χ0v) is 21.6. The average Bonchev–Trinajstić information content (AvgIpc) is 3.09. The molecule has 7 rings (SSSR count). The lowest BCUT2D eigenvalue weighted by atomic mass is 9.76. The second-order valence-corrected chi connectivity index (χ2v) is 10.7. The normalized spacial score (nSPS) is 18.8. The maximum Gasteiger partial charge on any atom is 0.211 e. The zero-order valence-electron chi connectivity index (χ0n) is 21.6. The Morgan fingerprint density at radius 3 is 2.49 bits per heavy atom. The lowest BCUT2D eigenvalue weighted by molar-refractivity contribution is -0.254. The molecule has 0 amide bonds. The molecule has 39 heavy (non-hydrogen) atoms. The number of benzene rings is 4. The van der Waals surface area contributed by atoms with Crippen LogP contribution in [0.15, 0.2) is 94.2 Å². The maximum absolute atomic E-state index is 12.3. The molecule has 6 nitrogen and oxygen atoms in total. The van der Waals surface area contributed by atoms with E-state index < -0.39 is 11.7 Å². The molecule has 0 fully saturated rings. The Hall–Kier alpha value is -4.84. The topological polar surface area (TPSA) is 82.8 Å². The molecule has 1 unspecified atom stereocenters. The van der Waals surface area contributed by atoms with Gasteiger partial charge in [-0.3, -0.25) is 4.79 Å². The van der Waals surface area contributed by atoms with Gasteiger partial charge in [0.2, 0.25) is 5.72 Å². The molecule has 0 bridgehead atoms. The van der Waals surface area contributed by atoms with E-state index in [1.54, 1.807) is 24.3 Å². The zero-order chi connectivity index (χ0) is 27.1. The highest BCUT2D eigenvalue weighted by Crippen LogP contribution is 2.55. The number of rotatable bonds is 2. The van der Waals surface area contributed by atoms with Gasteiger partial charge < -0.3 is 24.0 Å². The van der Waals surface area contributed by atoms with Crippen molar-refractivity contribution in [1.82, 2.24) is 0 Å². The number of carboxylic acid groups (broad SMARTS) is 1. The molecule has 0 radical (unpaired) electrons. The van der Waals surface area contributed by atoms with Crippen LogP contribution in [0.25, 0.3) is 39.5 Å². The number of carboxylic acids is 1. The third-order valence-corrected chi connectivity index (χ3v) is 8.35. The van der Waals surface area contributed by atoms with Crippen molar-refractivity contribution >= 4 is 28.7 Å². The highest BCUT2D eigenvalue weighted by Gasteiger charge is 2.57. The van der Waals surface area contributed by atoms with Crippen molar-refractivity contribution in [3.63, 3.8) is 0 Å². The van der Waals surface area contributed by atoms with Crippen LogP contribution in [0.1, 0.15) is 35.3 Å². The number of fused-ring (bicyclic) bond motifs is 5. The minimum atomic E-state index is -1.28.